The van der Waals surface area contributed by atoms with Crippen molar-refractivity contribution in [2.45, 2.75) is 17.8 Å². The van der Waals surface area contributed by atoms with Crippen LogP contribution in [0.15, 0.2) is 47.5 Å². The van der Waals surface area contributed by atoms with Crippen molar-refractivity contribution < 1.29 is 27.5 Å². The van der Waals surface area contributed by atoms with Crippen LogP contribution >= 0.6 is 23.4 Å². The van der Waals surface area contributed by atoms with Crippen LogP contribution in [0.5, 0.6) is 5.75 Å². The molecule has 2 N–H and O–H groups in total. The molecule has 2 aromatic carbocycles. The van der Waals surface area contributed by atoms with Crippen LogP contribution in [0.25, 0.3) is 0 Å². The topological polar surface area (TPSA) is 79.8 Å². The third-order valence-corrected chi connectivity index (χ3v) is 5.43. The van der Waals surface area contributed by atoms with Crippen molar-refractivity contribution in [3.63, 3.8) is 0 Å². The van der Waals surface area contributed by atoms with Gasteiger partial charge in [-0.3, -0.25) is 9.59 Å². The van der Waals surface area contributed by atoms with Gasteiger partial charge in [0.2, 0.25) is 11.8 Å². The first-order chi connectivity index (χ1) is 14.2. The Balaban J connectivity index is 1.76. The first-order valence-electron chi connectivity index (χ1n) is 8.52. The number of alkyl halides is 3. The molecule has 30 heavy (non-hydrogen) atoms. The van der Waals surface area contributed by atoms with Crippen LogP contribution in [-0.2, 0) is 15.8 Å². The van der Waals surface area contributed by atoms with Crippen molar-refractivity contribution >= 4 is 51.7 Å². The smallest absolute Gasteiger partial charge is 0.416 e. The monoisotopic (exact) mass is 457 g/mol. The average molecular weight is 458 g/mol. The molecule has 0 spiro atoms. The Hall–Kier alpha value is -2.72. The van der Waals surface area contributed by atoms with E-state index in [1.54, 1.807) is 24.3 Å². The second-order valence-electron chi connectivity index (χ2n) is 6.16. The maximum atomic E-state index is 12.9. The quantitative estimate of drug-likeness (QED) is 0.702. The van der Waals surface area contributed by atoms with Crippen molar-refractivity contribution in [2.75, 3.05) is 12.4 Å². The molecule has 6 nitrogen and oxygen atoms in total. The predicted octanol–water partition coefficient (Wildman–Crippen LogP) is 4.62. The van der Waals surface area contributed by atoms with Gasteiger partial charge in [0.05, 0.1) is 29.1 Å². The number of nitrogens with zero attached hydrogens (tertiary/aromatic N) is 1. The number of amidine groups is 1. The van der Waals surface area contributed by atoms with Gasteiger partial charge in [0.15, 0.2) is 5.17 Å². The SMILES string of the molecule is COc1ccc(N=C2NC(=O)C[C@@H](C(=O)Nc3cc(C(F)(F)F)ccc3Cl)S2)cc1. The van der Waals surface area contributed by atoms with Crippen molar-refractivity contribution in [3.8, 4) is 5.75 Å². The minimum Gasteiger partial charge on any atom is -0.497 e. The van der Waals surface area contributed by atoms with E-state index in [1.165, 1.54) is 7.11 Å². The summed E-state index contributed by atoms with van der Waals surface area (Å²) in [6, 6.07) is 9.34. The lowest BCUT2D eigenvalue weighted by Crippen LogP contribution is -2.41. The van der Waals surface area contributed by atoms with E-state index in [0.29, 0.717) is 11.4 Å². The lowest BCUT2D eigenvalue weighted by Gasteiger charge is -2.22. The van der Waals surface area contributed by atoms with Crippen LogP contribution in [0.2, 0.25) is 5.02 Å². The van der Waals surface area contributed by atoms with Gasteiger partial charge in [0, 0.05) is 6.42 Å². The molecular formula is C19H15ClF3N3O3S. The maximum Gasteiger partial charge on any atom is 0.416 e. The number of nitrogens with one attached hydrogen (secondary N) is 2. The second kappa shape index (κ2) is 8.97. The Morgan fingerprint density at radius 2 is 1.97 bits per heavy atom. The number of benzene rings is 2. The standard InChI is InChI=1S/C19H15ClF3N3O3S/c1-29-12-5-3-11(4-6-12)24-18-26-16(27)9-15(30-18)17(28)25-14-8-10(19(21,22)23)2-7-13(14)20/h2-8,15H,9H2,1H3,(H,25,28)(H,24,26,27)/t15-/m0/s1. The van der Waals surface area contributed by atoms with Gasteiger partial charge >= 0.3 is 6.18 Å². The third-order valence-electron chi connectivity index (χ3n) is 4.02. The average Bonchev–Trinajstić information content (AvgIpc) is 2.69. The molecule has 0 bridgehead atoms. The van der Waals surface area contributed by atoms with Crippen LogP contribution in [0.3, 0.4) is 0 Å². The Labute approximate surface area is 178 Å². The molecule has 1 fully saturated rings. The molecule has 0 radical (unpaired) electrons. The van der Waals surface area contributed by atoms with E-state index in [9.17, 15) is 22.8 Å². The van der Waals surface area contributed by atoms with Gasteiger partial charge in [-0.05, 0) is 42.5 Å². The van der Waals surface area contributed by atoms with E-state index in [-0.39, 0.29) is 22.3 Å². The van der Waals surface area contributed by atoms with Crippen LogP contribution in [0.4, 0.5) is 24.5 Å². The molecule has 2 amide bonds. The van der Waals surface area contributed by atoms with E-state index < -0.39 is 28.8 Å². The summed E-state index contributed by atoms with van der Waals surface area (Å²) in [6.45, 7) is 0. The van der Waals surface area contributed by atoms with Crippen molar-refractivity contribution in [1.29, 1.82) is 0 Å². The van der Waals surface area contributed by atoms with Gasteiger partial charge in [-0.15, -0.1) is 0 Å². The highest BCUT2D eigenvalue weighted by molar-refractivity contribution is 8.15. The molecule has 1 aliphatic heterocycles. The summed E-state index contributed by atoms with van der Waals surface area (Å²) in [5.41, 5.74) is -0.602. The van der Waals surface area contributed by atoms with Crippen molar-refractivity contribution in [2.24, 2.45) is 4.99 Å². The number of methoxy groups -OCH3 is 1. The molecule has 0 aliphatic carbocycles. The van der Waals surface area contributed by atoms with E-state index in [0.717, 1.165) is 30.0 Å². The van der Waals surface area contributed by atoms with Crippen LogP contribution in [0, 0.1) is 0 Å². The van der Waals surface area contributed by atoms with Gasteiger partial charge in [-0.2, -0.15) is 13.2 Å². The first-order valence-corrected chi connectivity index (χ1v) is 9.78. The molecule has 0 saturated carbocycles. The fourth-order valence-electron chi connectivity index (χ4n) is 2.53. The van der Waals surface area contributed by atoms with E-state index in [4.69, 9.17) is 16.3 Å². The van der Waals surface area contributed by atoms with Gasteiger partial charge in [-0.1, -0.05) is 23.4 Å². The van der Waals surface area contributed by atoms with E-state index in [1.807, 2.05) is 0 Å². The Bertz CT molecular complexity index is 997. The highest BCUT2D eigenvalue weighted by Gasteiger charge is 2.33. The molecule has 158 valence electrons. The Kier molecular flexibility index (Phi) is 6.57. The number of rotatable bonds is 4. The molecular weight excluding hydrogens is 443 g/mol. The van der Waals surface area contributed by atoms with Gasteiger partial charge in [0.25, 0.3) is 0 Å². The second-order valence-corrected chi connectivity index (χ2v) is 7.75. The molecule has 1 saturated heterocycles. The Morgan fingerprint density at radius 3 is 2.60 bits per heavy atom. The largest absolute Gasteiger partial charge is 0.497 e. The zero-order valence-corrected chi connectivity index (χ0v) is 17.0. The molecule has 0 unspecified atom stereocenters. The summed E-state index contributed by atoms with van der Waals surface area (Å²) in [5, 5.41) is 4.21. The summed E-state index contributed by atoms with van der Waals surface area (Å²) >= 11 is 6.91. The minimum absolute atomic E-state index is 0.0475. The zero-order chi connectivity index (χ0) is 21.9. The lowest BCUT2D eigenvalue weighted by atomic mass is 10.2. The molecule has 1 atom stereocenters. The predicted molar refractivity (Wildman–Crippen MR) is 109 cm³/mol. The van der Waals surface area contributed by atoms with Crippen LogP contribution < -0.4 is 15.4 Å². The summed E-state index contributed by atoms with van der Waals surface area (Å²) in [5.74, 6) is -0.454. The minimum atomic E-state index is -4.58. The van der Waals surface area contributed by atoms with Gasteiger partial charge in [0.1, 0.15) is 11.0 Å². The van der Waals surface area contributed by atoms with Crippen LogP contribution in [0.1, 0.15) is 12.0 Å². The summed E-state index contributed by atoms with van der Waals surface area (Å²) in [7, 11) is 1.53. The number of carbonyl (C=O) groups excluding carboxylic acids is 2. The molecule has 0 aromatic heterocycles. The number of hydrogen-bond acceptors (Lipinski definition) is 5. The Morgan fingerprint density at radius 1 is 1.27 bits per heavy atom. The van der Waals surface area contributed by atoms with Crippen molar-refractivity contribution in [1.82, 2.24) is 5.32 Å². The van der Waals surface area contributed by atoms with E-state index >= 15 is 0 Å². The molecule has 2 aromatic rings. The van der Waals surface area contributed by atoms with Crippen molar-refractivity contribution in [3.05, 3.63) is 53.1 Å². The molecule has 3 rings (SSSR count). The highest BCUT2D eigenvalue weighted by atomic mass is 35.5. The fourth-order valence-corrected chi connectivity index (χ4v) is 3.70. The zero-order valence-electron chi connectivity index (χ0n) is 15.4. The normalized spacial score (nSPS) is 18.1. The number of carbonyl (C=O) groups is 2. The molecule has 1 aliphatic rings. The number of thioether (sulfide) groups is 1. The number of halogens is 4. The summed E-state index contributed by atoms with van der Waals surface area (Å²) in [6.07, 6.45) is -4.74. The lowest BCUT2D eigenvalue weighted by molar-refractivity contribution is -0.137. The first kappa shape index (κ1) is 22.0. The summed E-state index contributed by atoms with van der Waals surface area (Å²) < 4.78 is 43.8. The maximum absolute atomic E-state index is 12.9. The highest BCUT2D eigenvalue weighted by Crippen LogP contribution is 2.34. The number of hydrogen-bond donors (Lipinski definition) is 2. The number of amides is 2. The van der Waals surface area contributed by atoms with Gasteiger partial charge < -0.3 is 15.4 Å². The fraction of sp³-hybridized carbons (Fsp3) is 0.211. The number of ether oxygens (including phenoxy) is 1. The number of aliphatic imine (C=N–C) groups is 1. The van der Waals surface area contributed by atoms with Gasteiger partial charge in [-0.25, -0.2) is 4.99 Å². The molecule has 1 heterocycles. The van der Waals surface area contributed by atoms with E-state index in [2.05, 4.69) is 15.6 Å². The summed E-state index contributed by atoms with van der Waals surface area (Å²) in [4.78, 5) is 28.9. The number of anilines is 1. The third kappa shape index (κ3) is 5.45. The molecule has 11 heteroatoms. The van der Waals surface area contributed by atoms with Crippen LogP contribution in [-0.4, -0.2) is 29.3 Å².